The molecule has 2 aliphatic rings. The molecule has 3 rings (SSSR count). The van der Waals surface area contributed by atoms with Gasteiger partial charge in [-0.3, -0.25) is 9.59 Å². The third-order valence-corrected chi connectivity index (χ3v) is 4.06. The van der Waals surface area contributed by atoms with Crippen LogP contribution in [-0.2, 0) is 20.7 Å². The zero-order chi connectivity index (χ0) is 14.7. The molecule has 2 amide bonds. The molecule has 2 unspecified atom stereocenters. The molecule has 2 fully saturated rings. The molecule has 0 aromatic heterocycles. The maximum absolute atomic E-state index is 12.5. The minimum Gasteiger partial charge on any atom is -0.381 e. The highest BCUT2D eigenvalue weighted by Crippen LogP contribution is 2.17. The van der Waals surface area contributed by atoms with Crippen molar-refractivity contribution in [3.63, 3.8) is 0 Å². The number of amides is 2. The predicted octanol–water partition coefficient (Wildman–Crippen LogP) is 0.593. The first-order chi connectivity index (χ1) is 10.2. The van der Waals surface area contributed by atoms with Crippen molar-refractivity contribution in [2.75, 3.05) is 26.3 Å². The summed E-state index contributed by atoms with van der Waals surface area (Å²) in [6.07, 6.45) is 1.51. The van der Waals surface area contributed by atoms with Gasteiger partial charge in [0.05, 0.1) is 13.2 Å². The maximum Gasteiger partial charge on any atom is 0.245 e. The normalized spacial score (nSPS) is 26.0. The molecule has 5 heteroatoms. The van der Waals surface area contributed by atoms with Gasteiger partial charge < -0.3 is 15.0 Å². The summed E-state index contributed by atoms with van der Waals surface area (Å²) < 4.78 is 5.34. The lowest BCUT2D eigenvalue weighted by molar-refractivity contribution is -0.144. The number of carbonyl (C=O) groups is 2. The molecule has 2 aliphatic heterocycles. The second-order valence-electron chi connectivity index (χ2n) is 5.76. The summed E-state index contributed by atoms with van der Waals surface area (Å²) in [5.41, 5.74) is 1.06. The summed E-state index contributed by atoms with van der Waals surface area (Å²) in [6, 6.07) is 9.33. The minimum atomic E-state index is -0.448. The van der Waals surface area contributed by atoms with E-state index < -0.39 is 6.04 Å². The zero-order valence-electron chi connectivity index (χ0n) is 12.0. The van der Waals surface area contributed by atoms with Gasteiger partial charge in [0, 0.05) is 25.5 Å². The monoisotopic (exact) mass is 288 g/mol. The summed E-state index contributed by atoms with van der Waals surface area (Å²) >= 11 is 0. The highest BCUT2D eigenvalue weighted by molar-refractivity contribution is 5.95. The van der Waals surface area contributed by atoms with Crippen molar-refractivity contribution < 1.29 is 14.3 Å². The van der Waals surface area contributed by atoms with Crippen molar-refractivity contribution >= 4 is 11.8 Å². The van der Waals surface area contributed by atoms with Gasteiger partial charge in [-0.2, -0.15) is 0 Å². The molecule has 21 heavy (non-hydrogen) atoms. The van der Waals surface area contributed by atoms with Gasteiger partial charge in [-0.1, -0.05) is 30.3 Å². The van der Waals surface area contributed by atoms with Crippen molar-refractivity contribution in [2.24, 2.45) is 5.92 Å². The Labute approximate surface area is 124 Å². The topological polar surface area (TPSA) is 58.6 Å². The second kappa shape index (κ2) is 6.26. The van der Waals surface area contributed by atoms with Crippen LogP contribution in [0.2, 0.25) is 0 Å². The van der Waals surface area contributed by atoms with Crippen LogP contribution in [-0.4, -0.2) is 49.1 Å². The highest BCUT2D eigenvalue weighted by atomic mass is 16.5. The predicted molar refractivity (Wildman–Crippen MR) is 77.6 cm³/mol. The van der Waals surface area contributed by atoms with Crippen molar-refractivity contribution in [2.45, 2.75) is 18.9 Å². The Bertz CT molecular complexity index is 512. The van der Waals surface area contributed by atoms with Crippen LogP contribution in [0.3, 0.4) is 0 Å². The third-order valence-electron chi connectivity index (χ3n) is 4.06. The lowest BCUT2D eigenvalue weighted by Gasteiger charge is -2.33. The largest absolute Gasteiger partial charge is 0.381 e. The zero-order valence-corrected chi connectivity index (χ0v) is 12.0. The van der Waals surface area contributed by atoms with E-state index in [1.165, 1.54) is 0 Å². The van der Waals surface area contributed by atoms with Gasteiger partial charge in [-0.15, -0.1) is 0 Å². The van der Waals surface area contributed by atoms with Gasteiger partial charge in [-0.05, 0) is 12.0 Å². The van der Waals surface area contributed by atoms with E-state index in [9.17, 15) is 9.59 Å². The lowest BCUT2D eigenvalue weighted by atomic mass is 10.0. The van der Waals surface area contributed by atoms with Crippen LogP contribution in [0.25, 0.3) is 0 Å². The van der Waals surface area contributed by atoms with E-state index >= 15 is 0 Å². The van der Waals surface area contributed by atoms with E-state index in [4.69, 9.17) is 4.74 Å². The fourth-order valence-corrected chi connectivity index (χ4v) is 2.96. The lowest BCUT2D eigenvalue weighted by Crippen LogP contribution is -2.59. The van der Waals surface area contributed by atoms with Crippen LogP contribution >= 0.6 is 0 Å². The molecule has 0 spiro atoms. The molecule has 0 bridgehead atoms. The van der Waals surface area contributed by atoms with E-state index in [2.05, 4.69) is 5.32 Å². The standard InChI is InChI=1S/C16H20N2O3/c19-15-10-18(9-13-6-7-21-11-13)16(20)14(17-15)8-12-4-2-1-3-5-12/h1-5,13-14H,6-11H2,(H,17,19). The SMILES string of the molecule is O=C1CN(CC2CCOC2)C(=O)C(Cc2ccccc2)N1. The van der Waals surface area contributed by atoms with Crippen LogP contribution < -0.4 is 5.32 Å². The molecule has 2 heterocycles. The molecule has 2 saturated heterocycles. The van der Waals surface area contributed by atoms with E-state index in [1.807, 2.05) is 30.3 Å². The molecule has 0 aliphatic carbocycles. The molecular formula is C16H20N2O3. The van der Waals surface area contributed by atoms with Crippen molar-refractivity contribution in [3.8, 4) is 0 Å². The summed E-state index contributed by atoms with van der Waals surface area (Å²) in [5.74, 6) is 0.303. The molecule has 1 N–H and O–H groups in total. The number of ether oxygens (including phenoxy) is 1. The van der Waals surface area contributed by atoms with E-state index in [1.54, 1.807) is 4.90 Å². The molecule has 5 nitrogen and oxygen atoms in total. The minimum absolute atomic E-state index is 0.0188. The second-order valence-corrected chi connectivity index (χ2v) is 5.76. The molecule has 1 aromatic carbocycles. The smallest absolute Gasteiger partial charge is 0.245 e. The Balaban J connectivity index is 1.66. The Morgan fingerprint density at radius 1 is 1.24 bits per heavy atom. The molecule has 0 saturated carbocycles. The van der Waals surface area contributed by atoms with Crippen LogP contribution in [0.4, 0.5) is 0 Å². The first-order valence-electron chi connectivity index (χ1n) is 7.42. The van der Waals surface area contributed by atoms with Crippen molar-refractivity contribution in [1.82, 2.24) is 10.2 Å². The Morgan fingerprint density at radius 2 is 2.05 bits per heavy atom. The number of rotatable bonds is 4. The fraction of sp³-hybridized carbons (Fsp3) is 0.500. The number of hydrogen-bond acceptors (Lipinski definition) is 3. The van der Waals surface area contributed by atoms with E-state index in [0.717, 1.165) is 18.6 Å². The Hall–Kier alpha value is -1.88. The number of hydrogen-bond donors (Lipinski definition) is 1. The average Bonchev–Trinajstić information content (AvgIpc) is 2.98. The van der Waals surface area contributed by atoms with Gasteiger partial charge in [0.15, 0.2) is 0 Å². The van der Waals surface area contributed by atoms with E-state index in [0.29, 0.717) is 25.5 Å². The maximum atomic E-state index is 12.5. The van der Waals surface area contributed by atoms with Crippen LogP contribution in [0.1, 0.15) is 12.0 Å². The summed E-state index contributed by atoms with van der Waals surface area (Å²) in [5, 5.41) is 2.81. The molecule has 2 atom stereocenters. The number of benzene rings is 1. The summed E-state index contributed by atoms with van der Waals surface area (Å²) in [4.78, 5) is 26.1. The third kappa shape index (κ3) is 3.42. The van der Waals surface area contributed by atoms with Gasteiger partial charge >= 0.3 is 0 Å². The molecule has 0 radical (unpaired) electrons. The van der Waals surface area contributed by atoms with Gasteiger partial charge in [-0.25, -0.2) is 0 Å². The van der Waals surface area contributed by atoms with Crippen LogP contribution in [0.5, 0.6) is 0 Å². The first kappa shape index (κ1) is 14.1. The molecule has 112 valence electrons. The van der Waals surface area contributed by atoms with Crippen molar-refractivity contribution in [1.29, 1.82) is 0 Å². The highest BCUT2D eigenvalue weighted by Gasteiger charge is 2.34. The fourth-order valence-electron chi connectivity index (χ4n) is 2.96. The quantitative estimate of drug-likeness (QED) is 0.882. The van der Waals surface area contributed by atoms with E-state index in [-0.39, 0.29) is 18.4 Å². The van der Waals surface area contributed by atoms with Crippen LogP contribution in [0.15, 0.2) is 30.3 Å². The Kier molecular flexibility index (Phi) is 4.20. The molecule has 1 aromatic rings. The van der Waals surface area contributed by atoms with Gasteiger partial charge in [0.2, 0.25) is 11.8 Å². The van der Waals surface area contributed by atoms with Crippen LogP contribution in [0, 0.1) is 5.92 Å². The number of piperazine rings is 1. The number of carbonyl (C=O) groups excluding carboxylic acids is 2. The first-order valence-corrected chi connectivity index (χ1v) is 7.42. The number of nitrogens with zero attached hydrogens (tertiary/aromatic N) is 1. The summed E-state index contributed by atoms with van der Waals surface area (Å²) in [6.45, 7) is 2.24. The Morgan fingerprint density at radius 3 is 2.76 bits per heavy atom. The summed E-state index contributed by atoms with van der Waals surface area (Å²) in [7, 11) is 0. The van der Waals surface area contributed by atoms with Crippen molar-refractivity contribution in [3.05, 3.63) is 35.9 Å². The average molecular weight is 288 g/mol. The van der Waals surface area contributed by atoms with Gasteiger partial charge in [0.25, 0.3) is 0 Å². The van der Waals surface area contributed by atoms with Gasteiger partial charge in [0.1, 0.15) is 6.04 Å². The molecular weight excluding hydrogens is 268 g/mol. The number of nitrogens with one attached hydrogen (secondary N) is 1.